The lowest BCUT2D eigenvalue weighted by Crippen LogP contribution is -2.46. The molecule has 19 heavy (non-hydrogen) atoms. The molecule has 0 aromatic rings. The number of aliphatic hydroxyl groups is 1. The SMILES string of the molecule is CC(CCNC(=O)N1CCCC(CCO)C1)C(=O)O. The van der Waals surface area contributed by atoms with Crippen LogP contribution >= 0.6 is 0 Å². The number of aliphatic carboxylic acids is 1. The summed E-state index contributed by atoms with van der Waals surface area (Å²) >= 11 is 0. The van der Waals surface area contributed by atoms with E-state index in [1.165, 1.54) is 0 Å². The molecule has 1 aliphatic heterocycles. The zero-order valence-corrected chi connectivity index (χ0v) is 11.5. The molecule has 1 heterocycles. The molecule has 2 atom stereocenters. The second kappa shape index (κ2) is 7.99. The van der Waals surface area contributed by atoms with E-state index in [1.807, 2.05) is 0 Å². The van der Waals surface area contributed by atoms with Crippen molar-refractivity contribution in [1.82, 2.24) is 10.2 Å². The van der Waals surface area contributed by atoms with Crippen molar-refractivity contribution >= 4 is 12.0 Å². The van der Waals surface area contributed by atoms with Crippen LogP contribution in [-0.4, -0.2) is 53.4 Å². The van der Waals surface area contributed by atoms with Crippen molar-refractivity contribution in [3.63, 3.8) is 0 Å². The average molecular weight is 272 g/mol. The number of aliphatic hydroxyl groups excluding tert-OH is 1. The number of carboxylic acid groups (broad SMARTS) is 1. The van der Waals surface area contributed by atoms with Crippen LogP contribution in [0.15, 0.2) is 0 Å². The minimum atomic E-state index is -0.838. The van der Waals surface area contributed by atoms with Crippen LogP contribution in [0.3, 0.4) is 0 Å². The van der Waals surface area contributed by atoms with Gasteiger partial charge in [0.2, 0.25) is 0 Å². The molecule has 110 valence electrons. The van der Waals surface area contributed by atoms with Gasteiger partial charge in [-0.15, -0.1) is 0 Å². The lowest BCUT2D eigenvalue weighted by molar-refractivity contribution is -0.141. The van der Waals surface area contributed by atoms with E-state index >= 15 is 0 Å². The first-order valence-corrected chi connectivity index (χ1v) is 6.91. The molecule has 1 fully saturated rings. The maximum absolute atomic E-state index is 11.9. The Morgan fingerprint density at radius 1 is 1.47 bits per heavy atom. The number of piperidine rings is 1. The largest absolute Gasteiger partial charge is 0.481 e. The Morgan fingerprint density at radius 2 is 2.21 bits per heavy atom. The van der Waals surface area contributed by atoms with Crippen molar-refractivity contribution in [2.75, 3.05) is 26.2 Å². The van der Waals surface area contributed by atoms with Gasteiger partial charge in [-0.1, -0.05) is 6.92 Å². The molecule has 1 saturated heterocycles. The van der Waals surface area contributed by atoms with Gasteiger partial charge in [-0.3, -0.25) is 4.79 Å². The van der Waals surface area contributed by atoms with Gasteiger partial charge in [0.1, 0.15) is 0 Å². The fraction of sp³-hybridized carbons (Fsp3) is 0.846. The summed E-state index contributed by atoms with van der Waals surface area (Å²) < 4.78 is 0. The highest BCUT2D eigenvalue weighted by molar-refractivity contribution is 5.74. The summed E-state index contributed by atoms with van der Waals surface area (Å²) in [5, 5.41) is 20.4. The maximum atomic E-state index is 11.9. The van der Waals surface area contributed by atoms with Crippen LogP contribution in [0.4, 0.5) is 4.79 Å². The first-order chi connectivity index (χ1) is 9.04. The minimum Gasteiger partial charge on any atom is -0.481 e. The van der Waals surface area contributed by atoms with E-state index in [-0.39, 0.29) is 12.6 Å². The molecule has 2 unspecified atom stereocenters. The highest BCUT2D eigenvalue weighted by atomic mass is 16.4. The Morgan fingerprint density at radius 3 is 2.84 bits per heavy atom. The number of rotatable bonds is 6. The molecule has 0 bridgehead atoms. The second-order valence-corrected chi connectivity index (χ2v) is 5.23. The normalized spacial score (nSPS) is 20.9. The monoisotopic (exact) mass is 272 g/mol. The second-order valence-electron chi connectivity index (χ2n) is 5.23. The molecule has 6 heteroatoms. The van der Waals surface area contributed by atoms with E-state index in [4.69, 9.17) is 10.2 Å². The van der Waals surface area contributed by atoms with Gasteiger partial charge in [0.05, 0.1) is 5.92 Å². The van der Waals surface area contributed by atoms with Crippen LogP contribution in [0.5, 0.6) is 0 Å². The molecule has 0 radical (unpaired) electrons. The van der Waals surface area contributed by atoms with Crippen LogP contribution in [0.1, 0.15) is 32.6 Å². The summed E-state index contributed by atoms with van der Waals surface area (Å²) in [6.45, 7) is 3.60. The van der Waals surface area contributed by atoms with Crippen LogP contribution in [0, 0.1) is 11.8 Å². The van der Waals surface area contributed by atoms with Gasteiger partial charge in [0, 0.05) is 26.2 Å². The number of likely N-dealkylation sites (tertiary alicyclic amines) is 1. The van der Waals surface area contributed by atoms with Gasteiger partial charge < -0.3 is 20.4 Å². The smallest absolute Gasteiger partial charge is 0.317 e. The number of nitrogens with one attached hydrogen (secondary N) is 1. The van der Waals surface area contributed by atoms with Gasteiger partial charge in [0.25, 0.3) is 0 Å². The van der Waals surface area contributed by atoms with Crippen LogP contribution in [0.25, 0.3) is 0 Å². The molecule has 1 rings (SSSR count). The molecule has 3 N–H and O–H groups in total. The highest BCUT2D eigenvalue weighted by Crippen LogP contribution is 2.19. The van der Waals surface area contributed by atoms with Crippen molar-refractivity contribution in [2.24, 2.45) is 11.8 Å². The van der Waals surface area contributed by atoms with Crippen molar-refractivity contribution in [3.8, 4) is 0 Å². The molecule has 0 aliphatic carbocycles. The number of carbonyl (C=O) groups is 2. The summed E-state index contributed by atoms with van der Waals surface area (Å²) in [7, 11) is 0. The molecule has 6 nitrogen and oxygen atoms in total. The van der Waals surface area contributed by atoms with Gasteiger partial charge in [0.15, 0.2) is 0 Å². The summed E-state index contributed by atoms with van der Waals surface area (Å²) in [5.41, 5.74) is 0. The number of amides is 2. The minimum absolute atomic E-state index is 0.125. The van der Waals surface area contributed by atoms with Gasteiger partial charge in [-0.05, 0) is 31.6 Å². The molecular weight excluding hydrogens is 248 g/mol. The summed E-state index contributed by atoms with van der Waals surface area (Å²) in [5.74, 6) is -0.901. The number of hydrogen-bond acceptors (Lipinski definition) is 3. The summed E-state index contributed by atoms with van der Waals surface area (Å²) in [6.07, 6.45) is 3.19. The Bertz CT molecular complexity index is 307. The van der Waals surface area contributed by atoms with Gasteiger partial charge >= 0.3 is 12.0 Å². The number of carboxylic acids is 1. The van der Waals surface area contributed by atoms with Crippen molar-refractivity contribution in [2.45, 2.75) is 32.6 Å². The molecule has 0 aromatic carbocycles. The van der Waals surface area contributed by atoms with Gasteiger partial charge in [-0.2, -0.15) is 0 Å². The zero-order chi connectivity index (χ0) is 14.3. The van der Waals surface area contributed by atoms with E-state index in [0.29, 0.717) is 25.4 Å². The summed E-state index contributed by atoms with van der Waals surface area (Å²) in [4.78, 5) is 24.3. The highest BCUT2D eigenvalue weighted by Gasteiger charge is 2.23. The van der Waals surface area contributed by atoms with Crippen molar-refractivity contribution < 1.29 is 19.8 Å². The van der Waals surface area contributed by atoms with Crippen molar-refractivity contribution in [1.29, 1.82) is 0 Å². The van der Waals surface area contributed by atoms with Crippen LogP contribution in [-0.2, 0) is 4.79 Å². The first-order valence-electron chi connectivity index (χ1n) is 6.91. The third-order valence-corrected chi connectivity index (χ3v) is 3.62. The number of nitrogens with zero attached hydrogens (tertiary/aromatic N) is 1. The van der Waals surface area contributed by atoms with E-state index in [1.54, 1.807) is 11.8 Å². The molecule has 2 amide bonds. The van der Waals surface area contributed by atoms with E-state index in [0.717, 1.165) is 25.8 Å². The summed E-state index contributed by atoms with van der Waals surface area (Å²) in [6, 6.07) is -0.125. The average Bonchev–Trinajstić information content (AvgIpc) is 2.39. The molecule has 0 saturated carbocycles. The van der Waals surface area contributed by atoms with E-state index in [2.05, 4.69) is 5.32 Å². The zero-order valence-electron chi connectivity index (χ0n) is 11.5. The molecular formula is C13H24N2O4. The maximum Gasteiger partial charge on any atom is 0.317 e. The number of hydrogen-bond donors (Lipinski definition) is 3. The molecule has 0 aromatic heterocycles. The Labute approximate surface area is 113 Å². The molecule has 1 aliphatic rings. The predicted octanol–water partition coefficient (Wildman–Crippen LogP) is 0.901. The van der Waals surface area contributed by atoms with Crippen molar-refractivity contribution in [3.05, 3.63) is 0 Å². The Kier molecular flexibility index (Phi) is 6.62. The van der Waals surface area contributed by atoms with Crippen LogP contribution in [0.2, 0.25) is 0 Å². The first kappa shape index (κ1) is 15.8. The fourth-order valence-corrected chi connectivity index (χ4v) is 2.30. The Hall–Kier alpha value is -1.30. The topological polar surface area (TPSA) is 89.9 Å². The van der Waals surface area contributed by atoms with E-state index in [9.17, 15) is 9.59 Å². The lowest BCUT2D eigenvalue weighted by atomic mass is 9.95. The standard InChI is InChI=1S/C13H24N2O4/c1-10(12(17)18)4-6-14-13(19)15-7-2-3-11(9-15)5-8-16/h10-11,16H,2-9H2,1H3,(H,14,19)(H,17,18). The molecule has 0 spiro atoms. The lowest BCUT2D eigenvalue weighted by Gasteiger charge is -2.32. The third kappa shape index (κ3) is 5.46. The van der Waals surface area contributed by atoms with Gasteiger partial charge in [-0.25, -0.2) is 4.79 Å². The Balaban J connectivity index is 2.27. The predicted molar refractivity (Wildman–Crippen MR) is 70.8 cm³/mol. The van der Waals surface area contributed by atoms with Crippen LogP contribution < -0.4 is 5.32 Å². The third-order valence-electron chi connectivity index (χ3n) is 3.62. The number of carbonyl (C=O) groups excluding carboxylic acids is 1. The van der Waals surface area contributed by atoms with E-state index < -0.39 is 11.9 Å². The number of urea groups is 1. The quantitative estimate of drug-likeness (QED) is 0.670. The fourth-order valence-electron chi connectivity index (χ4n) is 2.30.